The molecule has 39 heavy (non-hydrogen) atoms. The predicted molar refractivity (Wildman–Crippen MR) is 139 cm³/mol. The fraction of sp³-hybridized carbons (Fsp3) is 0.276. The minimum Gasteiger partial charge on any atom is -0.462 e. The number of alkyl halides is 1. The summed E-state index contributed by atoms with van der Waals surface area (Å²) < 4.78 is 28.4. The molecule has 1 N–H and O–H groups in total. The summed E-state index contributed by atoms with van der Waals surface area (Å²) in [6.07, 6.45) is -6.69. The van der Waals surface area contributed by atoms with Crippen LogP contribution in [0.1, 0.15) is 26.3 Å². The van der Waals surface area contributed by atoms with Crippen molar-refractivity contribution >= 4 is 29.5 Å². The van der Waals surface area contributed by atoms with Gasteiger partial charge in [0.2, 0.25) is 0 Å². The van der Waals surface area contributed by atoms with Crippen LogP contribution in [-0.4, -0.2) is 66.2 Å². The fourth-order valence-electron chi connectivity index (χ4n) is 4.00. The molecule has 0 amide bonds. The lowest BCUT2D eigenvalue weighted by Crippen LogP contribution is -2.62. The van der Waals surface area contributed by atoms with E-state index in [-0.39, 0.29) is 17.7 Å². The molecule has 5 atom stereocenters. The van der Waals surface area contributed by atoms with Crippen LogP contribution in [0, 0.1) is 0 Å². The van der Waals surface area contributed by atoms with Crippen molar-refractivity contribution in [3.63, 3.8) is 0 Å². The summed E-state index contributed by atoms with van der Waals surface area (Å²) in [4.78, 5) is 37.8. The average molecular weight is 555 g/mol. The number of esters is 3. The first kappa shape index (κ1) is 28.3. The largest absolute Gasteiger partial charge is 0.462 e. The first-order chi connectivity index (χ1) is 19.0. The van der Waals surface area contributed by atoms with Crippen LogP contribution < -0.4 is 0 Å². The molecule has 1 heterocycles. The van der Waals surface area contributed by atoms with E-state index in [4.69, 9.17) is 35.3 Å². The Labute approximate surface area is 230 Å². The molecule has 1 aliphatic heterocycles. The maximum absolute atomic E-state index is 13.1. The molecule has 0 bridgehead atoms. The van der Waals surface area contributed by atoms with Crippen LogP contribution in [0.5, 0.6) is 0 Å². The lowest BCUT2D eigenvalue weighted by Gasteiger charge is -2.43. The highest BCUT2D eigenvalue weighted by Gasteiger charge is 2.51. The monoisotopic (exact) mass is 554 g/mol. The first-order valence-corrected chi connectivity index (χ1v) is 12.7. The number of hydrogen-bond donors (Lipinski definition) is 1. The van der Waals surface area contributed by atoms with Crippen LogP contribution in [0.2, 0.25) is 0 Å². The van der Waals surface area contributed by atoms with Crippen molar-refractivity contribution in [2.45, 2.75) is 37.3 Å². The lowest BCUT2D eigenvalue weighted by atomic mass is 9.98. The van der Waals surface area contributed by atoms with E-state index in [2.05, 4.69) is 0 Å². The number of ether oxygens (including phenoxy) is 5. The molecule has 3 aromatic rings. The molecule has 1 unspecified atom stereocenters. The summed E-state index contributed by atoms with van der Waals surface area (Å²) in [5, 5.41) is 10.9. The van der Waals surface area contributed by atoms with Gasteiger partial charge in [-0.3, -0.25) is 4.79 Å². The standard InChI is InChI=1S/C29H27ClO9/c30-16-23(31)35-18-22-24(38-27(32)20-12-6-2-7-13-20)25(36-17-19-10-4-1-5-11-19)26(29(34)37-22)39-28(33)21-14-8-3-9-15-21/h1-15,22,24-26,29,34H,16-18H2/t22-,24+,25+,26-,29?/m1/s1. The van der Waals surface area contributed by atoms with E-state index in [1.54, 1.807) is 60.7 Å². The molecule has 9 nitrogen and oxygen atoms in total. The number of halogens is 1. The molecule has 1 fully saturated rings. The number of carbonyl (C=O) groups excluding carboxylic acids is 3. The van der Waals surface area contributed by atoms with Crippen molar-refractivity contribution < 1.29 is 43.2 Å². The van der Waals surface area contributed by atoms with Gasteiger partial charge >= 0.3 is 17.9 Å². The van der Waals surface area contributed by atoms with E-state index in [1.807, 2.05) is 30.3 Å². The molecule has 0 aromatic heterocycles. The topological polar surface area (TPSA) is 118 Å². The third-order valence-electron chi connectivity index (χ3n) is 5.92. The van der Waals surface area contributed by atoms with Crippen LogP contribution in [0.3, 0.4) is 0 Å². The van der Waals surface area contributed by atoms with Gasteiger partial charge in [-0.15, -0.1) is 11.6 Å². The summed E-state index contributed by atoms with van der Waals surface area (Å²) >= 11 is 5.55. The van der Waals surface area contributed by atoms with E-state index in [1.165, 1.54) is 0 Å². The molecule has 3 aromatic carbocycles. The van der Waals surface area contributed by atoms with Gasteiger partial charge in [0.15, 0.2) is 18.5 Å². The molecular formula is C29H27ClO9. The molecule has 10 heteroatoms. The summed E-state index contributed by atoms with van der Waals surface area (Å²) in [5.41, 5.74) is 1.27. The van der Waals surface area contributed by atoms with Crippen LogP contribution in [0.4, 0.5) is 0 Å². The van der Waals surface area contributed by atoms with Crippen LogP contribution in [0.15, 0.2) is 91.0 Å². The minimum atomic E-state index is -1.69. The van der Waals surface area contributed by atoms with Gasteiger partial charge in [-0.1, -0.05) is 66.7 Å². The Morgan fingerprint density at radius 3 is 1.79 bits per heavy atom. The van der Waals surface area contributed by atoms with Gasteiger partial charge in [0.05, 0.1) is 17.7 Å². The summed E-state index contributed by atoms with van der Waals surface area (Å²) in [7, 11) is 0. The Hall–Kier alpha value is -3.76. The van der Waals surface area contributed by atoms with Crippen LogP contribution >= 0.6 is 11.6 Å². The van der Waals surface area contributed by atoms with Crippen molar-refractivity contribution in [3.8, 4) is 0 Å². The highest BCUT2D eigenvalue weighted by atomic mass is 35.5. The maximum Gasteiger partial charge on any atom is 0.338 e. The molecular weight excluding hydrogens is 528 g/mol. The van der Waals surface area contributed by atoms with E-state index in [0.717, 1.165) is 5.56 Å². The molecule has 0 aliphatic carbocycles. The van der Waals surface area contributed by atoms with Gasteiger partial charge in [-0.05, 0) is 29.8 Å². The van der Waals surface area contributed by atoms with Crippen molar-refractivity contribution in [2.75, 3.05) is 12.5 Å². The minimum absolute atomic E-state index is 0.0329. The van der Waals surface area contributed by atoms with Crippen LogP contribution in [0.25, 0.3) is 0 Å². The van der Waals surface area contributed by atoms with Gasteiger partial charge < -0.3 is 28.8 Å². The number of benzene rings is 3. The summed E-state index contributed by atoms with van der Waals surface area (Å²) in [5.74, 6) is -2.59. The normalized spacial score (nSPS) is 22.5. The van der Waals surface area contributed by atoms with E-state index < -0.39 is 61.1 Å². The van der Waals surface area contributed by atoms with E-state index in [9.17, 15) is 19.5 Å². The second kappa shape index (κ2) is 13.9. The number of hydrogen-bond acceptors (Lipinski definition) is 9. The third kappa shape index (κ3) is 7.64. The highest BCUT2D eigenvalue weighted by molar-refractivity contribution is 6.26. The Morgan fingerprint density at radius 2 is 1.26 bits per heavy atom. The zero-order valence-corrected chi connectivity index (χ0v) is 21.5. The maximum atomic E-state index is 13.1. The molecule has 1 saturated heterocycles. The van der Waals surface area contributed by atoms with Crippen LogP contribution in [-0.2, 0) is 35.1 Å². The Balaban J connectivity index is 1.65. The summed E-state index contributed by atoms with van der Waals surface area (Å²) in [6.45, 7) is -0.370. The average Bonchev–Trinajstić information content (AvgIpc) is 2.98. The Bertz CT molecular complexity index is 1220. The van der Waals surface area contributed by atoms with Crippen molar-refractivity contribution in [3.05, 3.63) is 108 Å². The van der Waals surface area contributed by atoms with Gasteiger partial charge in [0.25, 0.3) is 0 Å². The van der Waals surface area contributed by atoms with Crippen molar-refractivity contribution in [2.24, 2.45) is 0 Å². The molecule has 4 rings (SSSR count). The quantitative estimate of drug-likeness (QED) is 0.228. The van der Waals surface area contributed by atoms with Gasteiger partial charge in [-0.25, -0.2) is 9.59 Å². The summed E-state index contributed by atoms with van der Waals surface area (Å²) in [6, 6.07) is 25.6. The number of aliphatic hydroxyl groups excluding tert-OH is 1. The van der Waals surface area contributed by atoms with E-state index >= 15 is 0 Å². The smallest absolute Gasteiger partial charge is 0.338 e. The Kier molecular flexibility index (Phi) is 10.0. The SMILES string of the molecule is O=C(CCl)OC[C@H]1OC(O)[C@H](OC(=O)c2ccccc2)[C@@H](OCc2ccccc2)[C@H]1OC(=O)c1ccccc1. The first-order valence-electron chi connectivity index (χ1n) is 12.2. The number of carbonyl (C=O) groups is 3. The molecule has 1 aliphatic rings. The zero-order valence-electron chi connectivity index (χ0n) is 20.8. The highest BCUT2D eigenvalue weighted by Crippen LogP contribution is 2.30. The van der Waals surface area contributed by atoms with Gasteiger partial charge in [-0.2, -0.15) is 0 Å². The second-order valence-corrected chi connectivity index (χ2v) is 8.88. The van der Waals surface area contributed by atoms with Crippen molar-refractivity contribution in [1.82, 2.24) is 0 Å². The van der Waals surface area contributed by atoms with Gasteiger partial charge in [0.1, 0.15) is 24.7 Å². The Morgan fingerprint density at radius 1 is 0.744 bits per heavy atom. The fourth-order valence-corrected chi connectivity index (χ4v) is 4.08. The molecule has 0 radical (unpaired) electrons. The predicted octanol–water partition coefficient (Wildman–Crippen LogP) is 3.52. The molecule has 0 spiro atoms. The van der Waals surface area contributed by atoms with Crippen molar-refractivity contribution in [1.29, 1.82) is 0 Å². The molecule has 0 saturated carbocycles. The van der Waals surface area contributed by atoms with Gasteiger partial charge in [0, 0.05) is 0 Å². The zero-order chi connectivity index (χ0) is 27.6. The lowest BCUT2D eigenvalue weighted by molar-refractivity contribution is -0.295. The number of aliphatic hydroxyl groups is 1. The third-order valence-corrected chi connectivity index (χ3v) is 6.14. The number of rotatable bonds is 10. The molecule has 204 valence electrons. The second-order valence-electron chi connectivity index (χ2n) is 8.61. The van der Waals surface area contributed by atoms with E-state index in [0.29, 0.717) is 0 Å².